The van der Waals surface area contributed by atoms with Gasteiger partial charge in [-0.1, -0.05) is 13.8 Å². The van der Waals surface area contributed by atoms with E-state index >= 15 is 0 Å². The lowest BCUT2D eigenvalue weighted by Crippen LogP contribution is -2.22. The van der Waals surface area contributed by atoms with Gasteiger partial charge in [-0.25, -0.2) is 4.39 Å². The monoisotopic (exact) mass is 257 g/mol. The Morgan fingerprint density at radius 2 is 2.18 bits per heavy atom. The van der Waals surface area contributed by atoms with E-state index in [0.717, 1.165) is 16.2 Å². The van der Waals surface area contributed by atoms with Gasteiger partial charge in [0, 0.05) is 30.3 Å². The lowest BCUT2D eigenvalue weighted by molar-refractivity contribution is 0.218. The predicted octanol–water partition coefficient (Wildman–Crippen LogP) is 3.06. The maximum absolute atomic E-state index is 13.2. The largest absolute Gasteiger partial charge is 0.384 e. The standard InChI is InChI=1S/C13H20FNOS/c1-10(2)15-9-11-8-12(14)4-5-13(11)17-7-6-16-3/h4-5,8,10,15H,6-7,9H2,1-3H3. The van der Waals surface area contributed by atoms with Crippen molar-refractivity contribution in [1.29, 1.82) is 0 Å². The summed E-state index contributed by atoms with van der Waals surface area (Å²) < 4.78 is 18.2. The maximum atomic E-state index is 13.2. The summed E-state index contributed by atoms with van der Waals surface area (Å²) in [6.45, 7) is 5.57. The molecule has 0 aliphatic heterocycles. The van der Waals surface area contributed by atoms with Crippen molar-refractivity contribution in [1.82, 2.24) is 5.32 Å². The number of benzene rings is 1. The molecule has 0 bridgehead atoms. The predicted molar refractivity (Wildman–Crippen MR) is 71.0 cm³/mol. The van der Waals surface area contributed by atoms with Crippen LogP contribution < -0.4 is 5.32 Å². The van der Waals surface area contributed by atoms with Gasteiger partial charge in [0.15, 0.2) is 0 Å². The summed E-state index contributed by atoms with van der Waals surface area (Å²) >= 11 is 1.70. The van der Waals surface area contributed by atoms with Gasteiger partial charge in [0.2, 0.25) is 0 Å². The molecule has 4 heteroatoms. The maximum Gasteiger partial charge on any atom is 0.123 e. The topological polar surface area (TPSA) is 21.3 Å². The Kier molecular flexibility index (Phi) is 6.55. The zero-order valence-electron chi connectivity index (χ0n) is 10.6. The van der Waals surface area contributed by atoms with Crippen molar-refractivity contribution in [2.24, 2.45) is 0 Å². The van der Waals surface area contributed by atoms with Gasteiger partial charge in [-0.05, 0) is 23.8 Å². The fourth-order valence-electron chi connectivity index (χ4n) is 1.38. The lowest BCUT2D eigenvalue weighted by Gasteiger charge is -2.12. The molecule has 0 amide bonds. The zero-order chi connectivity index (χ0) is 12.7. The highest BCUT2D eigenvalue weighted by atomic mass is 32.2. The molecular formula is C13H20FNOS. The second kappa shape index (κ2) is 7.69. The third kappa shape index (κ3) is 5.52. The average molecular weight is 257 g/mol. The number of ether oxygens (including phenoxy) is 1. The van der Waals surface area contributed by atoms with Gasteiger partial charge < -0.3 is 10.1 Å². The molecule has 2 nitrogen and oxygen atoms in total. The van der Waals surface area contributed by atoms with Gasteiger partial charge in [-0.15, -0.1) is 11.8 Å². The molecule has 0 aliphatic rings. The molecule has 0 heterocycles. The average Bonchev–Trinajstić information content (AvgIpc) is 2.29. The van der Waals surface area contributed by atoms with Gasteiger partial charge >= 0.3 is 0 Å². The number of rotatable bonds is 7. The van der Waals surface area contributed by atoms with Crippen LogP contribution in [-0.2, 0) is 11.3 Å². The minimum atomic E-state index is -0.179. The summed E-state index contributed by atoms with van der Waals surface area (Å²) in [6.07, 6.45) is 0. The van der Waals surface area contributed by atoms with Crippen molar-refractivity contribution in [3.05, 3.63) is 29.6 Å². The highest BCUT2D eigenvalue weighted by molar-refractivity contribution is 7.99. The van der Waals surface area contributed by atoms with E-state index < -0.39 is 0 Å². The minimum absolute atomic E-state index is 0.179. The van der Waals surface area contributed by atoms with E-state index in [1.165, 1.54) is 6.07 Å². The first-order chi connectivity index (χ1) is 8.13. The van der Waals surface area contributed by atoms with Crippen molar-refractivity contribution in [2.75, 3.05) is 19.5 Å². The number of thioether (sulfide) groups is 1. The van der Waals surface area contributed by atoms with E-state index in [-0.39, 0.29) is 5.82 Å². The molecule has 17 heavy (non-hydrogen) atoms. The van der Waals surface area contributed by atoms with Gasteiger partial charge in [0.05, 0.1) is 6.61 Å². The van der Waals surface area contributed by atoms with Crippen LogP contribution in [0.4, 0.5) is 4.39 Å². The Bertz CT molecular complexity index is 344. The summed E-state index contributed by atoms with van der Waals surface area (Å²) in [5.41, 5.74) is 1.01. The van der Waals surface area contributed by atoms with Crippen LogP contribution in [0.15, 0.2) is 23.1 Å². The van der Waals surface area contributed by atoms with Crippen LogP contribution in [0.3, 0.4) is 0 Å². The van der Waals surface area contributed by atoms with Crippen molar-refractivity contribution >= 4 is 11.8 Å². The number of methoxy groups -OCH3 is 1. The number of nitrogens with one attached hydrogen (secondary N) is 1. The fraction of sp³-hybridized carbons (Fsp3) is 0.538. The van der Waals surface area contributed by atoms with Gasteiger partial charge in [-0.3, -0.25) is 0 Å². The molecule has 1 aromatic carbocycles. The van der Waals surface area contributed by atoms with E-state index in [4.69, 9.17) is 4.74 Å². The molecule has 1 N–H and O–H groups in total. The van der Waals surface area contributed by atoms with Crippen LogP contribution >= 0.6 is 11.8 Å². The van der Waals surface area contributed by atoms with Gasteiger partial charge in [0.25, 0.3) is 0 Å². The molecule has 0 saturated heterocycles. The Morgan fingerprint density at radius 1 is 1.41 bits per heavy atom. The second-order valence-electron chi connectivity index (χ2n) is 4.13. The van der Waals surface area contributed by atoms with Crippen LogP contribution in [0, 0.1) is 5.82 Å². The quantitative estimate of drug-likeness (QED) is 0.599. The van der Waals surface area contributed by atoms with Gasteiger partial charge in [0.1, 0.15) is 5.82 Å². The Labute approximate surface area is 107 Å². The van der Waals surface area contributed by atoms with E-state index in [2.05, 4.69) is 19.2 Å². The first-order valence-corrected chi connectivity index (χ1v) is 6.75. The third-order valence-corrected chi connectivity index (χ3v) is 3.35. The lowest BCUT2D eigenvalue weighted by atomic mass is 10.2. The van der Waals surface area contributed by atoms with E-state index in [0.29, 0.717) is 19.2 Å². The smallest absolute Gasteiger partial charge is 0.123 e. The summed E-state index contributed by atoms with van der Waals surface area (Å²) in [6, 6.07) is 5.35. The van der Waals surface area contributed by atoms with Crippen LogP contribution in [0.25, 0.3) is 0 Å². The summed E-state index contributed by atoms with van der Waals surface area (Å²) in [5, 5.41) is 3.31. The summed E-state index contributed by atoms with van der Waals surface area (Å²) in [7, 11) is 1.69. The zero-order valence-corrected chi connectivity index (χ0v) is 11.4. The molecular weight excluding hydrogens is 237 g/mol. The molecule has 0 atom stereocenters. The van der Waals surface area contributed by atoms with Gasteiger partial charge in [-0.2, -0.15) is 0 Å². The van der Waals surface area contributed by atoms with Crippen molar-refractivity contribution in [3.8, 4) is 0 Å². The summed E-state index contributed by atoms with van der Waals surface area (Å²) in [4.78, 5) is 1.12. The van der Waals surface area contributed by atoms with Crippen molar-refractivity contribution < 1.29 is 9.13 Å². The highest BCUT2D eigenvalue weighted by Gasteiger charge is 2.05. The van der Waals surface area contributed by atoms with Crippen molar-refractivity contribution in [3.63, 3.8) is 0 Å². The van der Waals surface area contributed by atoms with Crippen molar-refractivity contribution in [2.45, 2.75) is 31.3 Å². The number of hydrogen-bond acceptors (Lipinski definition) is 3. The number of hydrogen-bond donors (Lipinski definition) is 1. The van der Waals surface area contributed by atoms with E-state index in [1.54, 1.807) is 24.9 Å². The molecule has 0 aromatic heterocycles. The molecule has 0 fully saturated rings. The van der Waals surface area contributed by atoms with E-state index in [9.17, 15) is 4.39 Å². The normalized spacial score (nSPS) is 11.1. The molecule has 0 radical (unpaired) electrons. The number of halogens is 1. The fourth-order valence-corrected chi connectivity index (χ4v) is 2.33. The Morgan fingerprint density at radius 3 is 2.82 bits per heavy atom. The molecule has 0 spiro atoms. The van der Waals surface area contributed by atoms with E-state index in [1.807, 2.05) is 6.07 Å². The Balaban J connectivity index is 2.66. The summed E-state index contributed by atoms with van der Waals surface area (Å²) in [5.74, 6) is 0.707. The molecule has 1 aromatic rings. The van der Waals surface area contributed by atoms with Crippen LogP contribution in [0.2, 0.25) is 0 Å². The van der Waals surface area contributed by atoms with Crippen LogP contribution in [0.5, 0.6) is 0 Å². The molecule has 0 saturated carbocycles. The third-order valence-electron chi connectivity index (χ3n) is 2.27. The molecule has 96 valence electrons. The second-order valence-corrected chi connectivity index (χ2v) is 5.27. The highest BCUT2D eigenvalue weighted by Crippen LogP contribution is 2.23. The van der Waals surface area contributed by atoms with Crippen LogP contribution in [-0.4, -0.2) is 25.5 Å². The first kappa shape index (κ1) is 14.5. The molecule has 1 rings (SSSR count). The minimum Gasteiger partial charge on any atom is -0.384 e. The SMILES string of the molecule is COCCSc1ccc(F)cc1CNC(C)C. The Hall–Kier alpha value is -0.580. The molecule has 0 aliphatic carbocycles. The molecule has 0 unspecified atom stereocenters. The first-order valence-electron chi connectivity index (χ1n) is 5.77. The van der Waals surface area contributed by atoms with Crippen LogP contribution in [0.1, 0.15) is 19.4 Å².